The van der Waals surface area contributed by atoms with Crippen LogP contribution in [0.3, 0.4) is 0 Å². The van der Waals surface area contributed by atoms with Gasteiger partial charge in [0.1, 0.15) is 5.82 Å². The van der Waals surface area contributed by atoms with Crippen LogP contribution >= 0.6 is 0 Å². The Bertz CT molecular complexity index is 650. The van der Waals surface area contributed by atoms with Gasteiger partial charge in [-0.3, -0.25) is 4.68 Å². The molecule has 0 saturated carbocycles. The van der Waals surface area contributed by atoms with Gasteiger partial charge in [-0.05, 0) is 13.3 Å². The van der Waals surface area contributed by atoms with Crippen molar-refractivity contribution in [3.63, 3.8) is 0 Å². The lowest BCUT2D eigenvalue weighted by atomic mass is 10.1. The minimum atomic E-state index is 0.591. The van der Waals surface area contributed by atoms with Gasteiger partial charge in [-0.25, -0.2) is 9.97 Å². The number of nitrogens with one attached hydrogen (secondary N) is 1. The molecule has 0 atom stereocenters. The Kier molecular flexibility index (Phi) is 3.88. The van der Waals surface area contributed by atoms with Gasteiger partial charge < -0.3 is 10.1 Å². The summed E-state index contributed by atoms with van der Waals surface area (Å²) in [5.74, 6) is 1.65. The molecule has 3 heterocycles. The Balaban J connectivity index is 2.07. The molecule has 6 heteroatoms. The van der Waals surface area contributed by atoms with Crippen LogP contribution in [-0.2, 0) is 24.8 Å². The molecule has 3 rings (SSSR count). The molecule has 2 aromatic rings. The van der Waals surface area contributed by atoms with Gasteiger partial charge in [0.2, 0.25) is 0 Å². The summed E-state index contributed by atoms with van der Waals surface area (Å²) in [4.78, 5) is 9.45. The van der Waals surface area contributed by atoms with Crippen LogP contribution in [0.25, 0.3) is 11.4 Å². The van der Waals surface area contributed by atoms with Gasteiger partial charge in [-0.15, -0.1) is 0 Å². The monoisotopic (exact) mass is 287 g/mol. The lowest BCUT2D eigenvalue weighted by Crippen LogP contribution is -2.17. The van der Waals surface area contributed by atoms with Crippen LogP contribution in [0, 0.1) is 6.92 Å². The summed E-state index contributed by atoms with van der Waals surface area (Å²) in [6.07, 6.45) is 3.73. The summed E-state index contributed by atoms with van der Waals surface area (Å²) in [5.41, 5.74) is 4.25. The molecule has 2 aromatic heterocycles. The molecule has 6 nitrogen and oxygen atoms in total. The summed E-state index contributed by atoms with van der Waals surface area (Å²) < 4.78 is 7.40. The number of anilines is 1. The van der Waals surface area contributed by atoms with Crippen LogP contribution in [0.5, 0.6) is 0 Å². The maximum Gasteiger partial charge on any atom is 0.165 e. The number of ether oxygens (including phenoxy) is 1. The minimum absolute atomic E-state index is 0.591. The minimum Gasteiger partial charge on any atom is -0.376 e. The fraction of sp³-hybridized carbons (Fsp3) is 0.533. The van der Waals surface area contributed by atoms with Gasteiger partial charge in [-0.2, -0.15) is 5.10 Å². The zero-order chi connectivity index (χ0) is 14.8. The third-order valence-corrected chi connectivity index (χ3v) is 3.84. The lowest BCUT2D eigenvalue weighted by Gasteiger charge is -2.20. The van der Waals surface area contributed by atoms with Crippen LogP contribution in [0.1, 0.15) is 30.3 Å². The number of aromatic nitrogens is 4. The van der Waals surface area contributed by atoms with Gasteiger partial charge in [0, 0.05) is 31.3 Å². The average molecular weight is 287 g/mol. The van der Waals surface area contributed by atoms with Crippen LogP contribution < -0.4 is 5.32 Å². The second-order valence-corrected chi connectivity index (χ2v) is 5.32. The number of aryl methyl sites for hydroxylation is 1. The van der Waals surface area contributed by atoms with E-state index < -0.39 is 0 Å². The third kappa shape index (κ3) is 2.63. The molecule has 1 N–H and O–H groups in total. The van der Waals surface area contributed by atoms with Crippen molar-refractivity contribution in [2.24, 2.45) is 7.05 Å². The highest BCUT2D eigenvalue weighted by atomic mass is 16.5. The first-order chi connectivity index (χ1) is 10.2. The maximum atomic E-state index is 5.55. The SMILES string of the molecule is CCCNc1nc(-c2cnn(C)c2C)nc2c1COCC2. The van der Waals surface area contributed by atoms with Crippen molar-refractivity contribution in [3.8, 4) is 11.4 Å². The largest absolute Gasteiger partial charge is 0.376 e. The Morgan fingerprint density at radius 1 is 1.38 bits per heavy atom. The van der Waals surface area contributed by atoms with Gasteiger partial charge >= 0.3 is 0 Å². The van der Waals surface area contributed by atoms with Gasteiger partial charge in [0.15, 0.2) is 5.82 Å². The van der Waals surface area contributed by atoms with E-state index in [1.165, 1.54) is 0 Å². The molecular formula is C15H21N5O. The Morgan fingerprint density at radius 3 is 2.95 bits per heavy atom. The number of hydrogen-bond donors (Lipinski definition) is 1. The van der Waals surface area contributed by atoms with Crippen molar-refractivity contribution in [1.82, 2.24) is 19.7 Å². The Hall–Kier alpha value is -1.95. The number of rotatable bonds is 4. The predicted molar refractivity (Wildman–Crippen MR) is 81.1 cm³/mol. The first kappa shape index (κ1) is 14.0. The molecule has 0 bridgehead atoms. The summed E-state index contributed by atoms with van der Waals surface area (Å²) in [6.45, 7) is 6.39. The van der Waals surface area contributed by atoms with Crippen LogP contribution in [0.15, 0.2) is 6.20 Å². The normalized spacial score (nSPS) is 14.0. The number of hydrogen-bond acceptors (Lipinski definition) is 5. The lowest BCUT2D eigenvalue weighted by molar-refractivity contribution is 0.109. The first-order valence-corrected chi connectivity index (χ1v) is 7.41. The molecule has 21 heavy (non-hydrogen) atoms. The average Bonchev–Trinajstić information content (AvgIpc) is 2.84. The zero-order valence-corrected chi connectivity index (χ0v) is 12.8. The fourth-order valence-corrected chi connectivity index (χ4v) is 2.46. The quantitative estimate of drug-likeness (QED) is 0.932. The topological polar surface area (TPSA) is 64.9 Å². The van der Waals surface area contributed by atoms with Crippen molar-refractivity contribution in [1.29, 1.82) is 0 Å². The van der Waals surface area contributed by atoms with E-state index in [9.17, 15) is 0 Å². The second-order valence-electron chi connectivity index (χ2n) is 5.32. The highest BCUT2D eigenvalue weighted by molar-refractivity contribution is 5.61. The molecule has 0 fully saturated rings. The van der Waals surface area contributed by atoms with Crippen LogP contribution in [-0.4, -0.2) is 32.9 Å². The molecule has 112 valence electrons. The molecule has 0 aromatic carbocycles. The number of nitrogens with zero attached hydrogens (tertiary/aromatic N) is 4. The standard InChI is InChI=1S/C15H21N5O/c1-4-6-16-14-12-9-21-7-5-13(12)18-15(19-14)11-8-17-20(3)10(11)2/h8H,4-7,9H2,1-3H3,(H,16,18,19). The van der Waals surface area contributed by atoms with Crippen molar-refractivity contribution in [3.05, 3.63) is 23.1 Å². The van der Waals surface area contributed by atoms with Gasteiger partial charge in [0.25, 0.3) is 0 Å². The molecular weight excluding hydrogens is 266 g/mol. The van der Waals surface area contributed by atoms with Crippen molar-refractivity contribution in [2.45, 2.75) is 33.3 Å². The highest BCUT2D eigenvalue weighted by Gasteiger charge is 2.20. The van der Waals surface area contributed by atoms with Crippen molar-refractivity contribution < 1.29 is 4.74 Å². The number of fused-ring (bicyclic) bond motifs is 1. The summed E-state index contributed by atoms with van der Waals surface area (Å²) in [7, 11) is 1.93. The molecule has 1 aliphatic heterocycles. The molecule has 0 aliphatic carbocycles. The second kappa shape index (κ2) is 5.81. The summed E-state index contributed by atoms with van der Waals surface area (Å²) >= 11 is 0. The molecule has 0 radical (unpaired) electrons. The van der Waals surface area contributed by atoms with Crippen molar-refractivity contribution >= 4 is 5.82 Å². The Morgan fingerprint density at radius 2 is 2.24 bits per heavy atom. The van der Waals surface area contributed by atoms with Crippen molar-refractivity contribution in [2.75, 3.05) is 18.5 Å². The zero-order valence-electron chi connectivity index (χ0n) is 12.8. The summed E-state index contributed by atoms with van der Waals surface area (Å²) in [5, 5.41) is 7.69. The van der Waals surface area contributed by atoms with E-state index in [2.05, 4.69) is 17.3 Å². The smallest absolute Gasteiger partial charge is 0.165 e. The van der Waals surface area contributed by atoms with Crippen LogP contribution in [0.4, 0.5) is 5.82 Å². The van der Waals surface area contributed by atoms with E-state index in [4.69, 9.17) is 14.7 Å². The molecule has 0 unspecified atom stereocenters. The molecule has 0 saturated heterocycles. The van der Waals surface area contributed by atoms with E-state index in [0.29, 0.717) is 6.61 Å². The fourth-order valence-electron chi connectivity index (χ4n) is 2.46. The maximum absolute atomic E-state index is 5.55. The van der Waals surface area contributed by atoms with Crippen LogP contribution in [0.2, 0.25) is 0 Å². The van der Waals surface area contributed by atoms with Gasteiger partial charge in [-0.1, -0.05) is 6.92 Å². The van der Waals surface area contributed by atoms with E-state index in [0.717, 1.165) is 60.2 Å². The van der Waals surface area contributed by atoms with Gasteiger partial charge in [0.05, 0.1) is 30.7 Å². The first-order valence-electron chi connectivity index (χ1n) is 7.41. The third-order valence-electron chi connectivity index (χ3n) is 3.84. The highest BCUT2D eigenvalue weighted by Crippen LogP contribution is 2.27. The van der Waals surface area contributed by atoms with E-state index in [1.807, 2.05) is 24.9 Å². The predicted octanol–water partition coefficient (Wildman–Crippen LogP) is 2.08. The molecule has 0 amide bonds. The summed E-state index contributed by atoms with van der Waals surface area (Å²) in [6, 6.07) is 0. The molecule has 0 spiro atoms. The van der Waals surface area contributed by atoms with E-state index >= 15 is 0 Å². The Labute approximate surface area is 124 Å². The molecule has 1 aliphatic rings. The van der Waals surface area contributed by atoms with E-state index in [1.54, 1.807) is 0 Å². The van der Waals surface area contributed by atoms with E-state index in [-0.39, 0.29) is 0 Å².